The van der Waals surface area contributed by atoms with Crippen molar-refractivity contribution in [3.05, 3.63) is 48.4 Å². The van der Waals surface area contributed by atoms with Gasteiger partial charge in [-0.25, -0.2) is 14.4 Å². The number of nitrogens with zero attached hydrogens (tertiary/aromatic N) is 6. The largest absolute Gasteiger partial charge is 0.480 e. The molecule has 38 heavy (non-hydrogen) atoms. The minimum absolute atomic E-state index is 0.00102. The van der Waals surface area contributed by atoms with E-state index < -0.39 is 5.82 Å². The Labute approximate surface area is 221 Å². The van der Waals surface area contributed by atoms with Crippen molar-refractivity contribution in [2.75, 3.05) is 60.3 Å². The Morgan fingerprint density at radius 2 is 1.84 bits per heavy atom. The van der Waals surface area contributed by atoms with E-state index in [2.05, 4.69) is 48.5 Å². The molecule has 4 heterocycles. The minimum atomic E-state index is -0.620. The first-order chi connectivity index (χ1) is 18.4. The van der Waals surface area contributed by atoms with Crippen LogP contribution in [-0.2, 0) is 4.79 Å². The summed E-state index contributed by atoms with van der Waals surface area (Å²) >= 11 is 0. The van der Waals surface area contributed by atoms with Gasteiger partial charge in [-0.3, -0.25) is 9.69 Å². The summed E-state index contributed by atoms with van der Waals surface area (Å²) in [4.78, 5) is 32.0. The van der Waals surface area contributed by atoms with Gasteiger partial charge in [0.05, 0.1) is 6.20 Å². The zero-order valence-corrected chi connectivity index (χ0v) is 21.9. The average molecular weight is 521 g/mol. The van der Waals surface area contributed by atoms with Crippen LogP contribution in [0.15, 0.2) is 42.6 Å². The number of amides is 1. The fourth-order valence-corrected chi connectivity index (χ4v) is 4.76. The average Bonchev–Trinajstić information content (AvgIpc) is 2.93. The number of aromatic nitrogens is 3. The number of pyridine rings is 1. The number of benzene rings is 1. The SMILES string of the molecule is CCC(CC)N1C(=O)COc2ccc(Nc3nc(Nc4cccc(N5CCN(C)CC5)c4)ncc3F)nc21. The summed E-state index contributed by atoms with van der Waals surface area (Å²) in [6.45, 7) is 7.98. The highest BCUT2D eigenvalue weighted by atomic mass is 19.1. The second kappa shape index (κ2) is 11.2. The Bertz CT molecular complexity index is 1290. The number of ether oxygens (including phenoxy) is 1. The first-order valence-corrected chi connectivity index (χ1v) is 13.0. The lowest BCUT2D eigenvalue weighted by Gasteiger charge is -2.34. The van der Waals surface area contributed by atoms with Crippen molar-refractivity contribution >= 4 is 40.7 Å². The molecule has 10 nitrogen and oxygen atoms in total. The number of piperazine rings is 1. The maximum Gasteiger partial charge on any atom is 0.266 e. The van der Waals surface area contributed by atoms with E-state index in [1.165, 1.54) is 0 Å². The number of nitrogens with one attached hydrogen (secondary N) is 2. The minimum Gasteiger partial charge on any atom is -0.480 e. The summed E-state index contributed by atoms with van der Waals surface area (Å²) < 4.78 is 20.3. The molecule has 1 saturated heterocycles. The summed E-state index contributed by atoms with van der Waals surface area (Å²) in [5.74, 6) is 0.751. The molecule has 0 aliphatic carbocycles. The predicted molar refractivity (Wildman–Crippen MR) is 146 cm³/mol. The molecule has 0 radical (unpaired) electrons. The number of hydrogen-bond acceptors (Lipinski definition) is 9. The molecule has 11 heteroatoms. The monoisotopic (exact) mass is 520 g/mol. The van der Waals surface area contributed by atoms with Crippen LogP contribution in [0.25, 0.3) is 0 Å². The van der Waals surface area contributed by atoms with E-state index in [1.54, 1.807) is 17.0 Å². The van der Waals surface area contributed by atoms with Crippen LogP contribution in [0.1, 0.15) is 26.7 Å². The second-order valence-corrected chi connectivity index (χ2v) is 9.52. The third-order valence-corrected chi connectivity index (χ3v) is 6.96. The van der Waals surface area contributed by atoms with Crippen molar-refractivity contribution in [3.8, 4) is 5.75 Å². The zero-order valence-electron chi connectivity index (χ0n) is 21.9. The third kappa shape index (κ3) is 5.47. The molecule has 200 valence electrons. The summed E-state index contributed by atoms with van der Waals surface area (Å²) in [5.41, 5.74) is 1.92. The molecule has 0 saturated carbocycles. The number of likely N-dealkylation sites (N-methyl/N-ethyl adjacent to an activating group) is 1. The lowest BCUT2D eigenvalue weighted by Crippen LogP contribution is -2.45. The highest BCUT2D eigenvalue weighted by Gasteiger charge is 2.31. The molecular formula is C27H33FN8O2. The molecule has 2 aliphatic rings. The Morgan fingerprint density at radius 3 is 2.61 bits per heavy atom. The number of carbonyl (C=O) groups is 1. The Morgan fingerprint density at radius 1 is 1.05 bits per heavy atom. The molecule has 2 aliphatic heterocycles. The van der Waals surface area contributed by atoms with Crippen LogP contribution in [0.2, 0.25) is 0 Å². The van der Waals surface area contributed by atoms with E-state index in [0.717, 1.165) is 56.6 Å². The van der Waals surface area contributed by atoms with Gasteiger partial charge in [0.1, 0.15) is 5.82 Å². The molecule has 1 amide bonds. The van der Waals surface area contributed by atoms with Gasteiger partial charge < -0.3 is 25.2 Å². The summed E-state index contributed by atoms with van der Waals surface area (Å²) in [6.07, 6.45) is 2.68. The highest BCUT2D eigenvalue weighted by molar-refractivity contribution is 5.97. The predicted octanol–water partition coefficient (Wildman–Crippen LogP) is 4.16. The van der Waals surface area contributed by atoms with Gasteiger partial charge in [-0.05, 0) is 50.2 Å². The highest BCUT2D eigenvalue weighted by Crippen LogP contribution is 2.35. The molecule has 5 rings (SSSR count). The van der Waals surface area contributed by atoms with E-state index >= 15 is 0 Å². The van der Waals surface area contributed by atoms with Crippen LogP contribution in [0, 0.1) is 5.82 Å². The van der Waals surface area contributed by atoms with Crippen LogP contribution in [-0.4, -0.2) is 71.6 Å². The van der Waals surface area contributed by atoms with Gasteiger partial charge in [-0.15, -0.1) is 0 Å². The lowest BCUT2D eigenvalue weighted by atomic mass is 10.1. The second-order valence-electron chi connectivity index (χ2n) is 9.52. The molecule has 0 atom stereocenters. The van der Waals surface area contributed by atoms with Crippen LogP contribution < -0.4 is 25.2 Å². The van der Waals surface area contributed by atoms with Crippen molar-refractivity contribution in [2.45, 2.75) is 32.7 Å². The van der Waals surface area contributed by atoms with E-state index in [1.807, 2.05) is 32.0 Å². The van der Waals surface area contributed by atoms with E-state index in [9.17, 15) is 9.18 Å². The van der Waals surface area contributed by atoms with Crippen molar-refractivity contribution in [2.24, 2.45) is 0 Å². The first kappa shape index (κ1) is 25.7. The van der Waals surface area contributed by atoms with E-state index in [-0.39, 0.29) is 30.3 Å². The quantitative estimate of drug-likeness (QED) is 0.454. The van der Waals surface area contributed by atoms with Gasteiger partial charge in [0, 0.05) is 43.6 Å². The Hall–Kier alpha value is -3.99. The fourth-order valence-electron chi connectivity index (χ4n) is 4.76. The maximum absolute atomic E-state index is 14.7. The molecule has 0 spiro atoms. The molecule has 0 bridgehead atoms. The molecule has 0 unspecified atom stereocenters. The number of anilines is 6. The molecule has 3 aromatic rings. The molecular weight excluding hydrogens is 487 g/mol. The Balaban J connectivity index is 1.35. The van der Waals surface area contributed by atoms with Crippen molar-refractivity contribution in [1.29, 1.82) is 0 Å². The van der Waals surface area contributed by atoms with Gasteiger partial charge >= 0.3 is 0 Å². The lowest BCUT2D eigenvalue weighted by molar-refractivity contribution is -0.121. The van der Waals surface area contributed by atoms with E-state index in [4.69, 9.17) is 4.74 Å². The molecule has 1 aromatic carbocycles. The van der Waals surface area contributed by atoms with Crippen LogP contribution >= 0.6 is 0 Å². The number of fused-ring (bicyclic) bond motifs is 1. The van der Waals surface area contributed by atoms with Crippen molar-refractivity contribution in [1.82, 2.24) is 19.9 Å². The first-order valence-electron chi connectivity index (χ1n) is 13.0. The van der Waals surface area contributed by atoms with Crippen molar-refractivity contribution in [3.63, 3.8) is 0 Å². The van der Waals surface area contributed by atoms with Crippen LogP contribution in [0.5, 0.6) is 5.75 Å². The van der Waals surface area contributed by atoms with Gasteiger partial charge in [0.15, 0.2) is 29.8 Å². The van der Waals surface area contributed by atoms with Gasteiger partial charge in [-0.2, -0.15) is 4.98 Å². The summed E-state index contributed by atoms with van der Waals surface area (Å²) in [5, 5.41) is 6.12. The number of carbonyl (C=O) groups excluding carboxylic acids is 1. The molecule has 2 N–H and O–H groups in total. The molecule has 1 fully saturated rings. The van der Waals surface area contributed by atoms with Gasteiger partial charge in [0.2, 0.25) is 5.95 Å². The number of hydrogen-bond donors (Lipinski definition) is 2. The van der Waals surface area contributed by atoms with Gasteiger partial charge in [0.25, 0.3) is 5.91 Å². The van der Waals surface area contributed by atoms with Gasteiger partial charge in [-0.1, -0.05) is 19.9 Å². The number of rotatable bonds is 8. The summed E-state index contributed by atoms with van der Waals surface area (Å²) in [7, 11) is 2.13. The standard InChI is InChI=1S/C27H33FN8O2/c1-4-19(5-2)36-24(37)17-38-22-9-10-23(32-26(22)36)31-25-21(28)16-29-27(33-25)30-18-7-6-8-20(15-18)35-13-11-34(3)12-14-35/h6-10,15-16,19H,4-5,11-14,17H2,1-3H3,(H2,29,30,31,32,33). The van der Waals surface area contributed by atoms with Crippen molar-refractivity contribution < 1.29 is 13.9 Å². The summed E-state index contributed by atoms with van der Waals surface area (Å²) in [6, 6.07) is 11.4. The fraction of sp³-hybridized carbons (Fsp3) is 0.407. The topological polar surface area (TPSA) is 98.7 Å². The normalized spacial score (nSPS) is 15.9. The van der Waals surface area contributed by atoms with E-state index in [0.29, 0.717) is 17.4 Å². The number of halogens is 1. The molecule has 2 aromatic heterocycles. The Kier molecular flexibility index (Phi) is 7.54. The smallest absolute Gasteiger partial charge is 0.266 e. The van der Waals surface area contributed by atoms with Crippen LogP contribution in [0.4, 0.5) is 39.2 Å². The van der Waals surface area contributed by atoms with Crippen LogP contribution in [0.3, 0.4) is 0 Å². The zero-order chi connectivity index (χ0) is 26.6. The maximum atomic E-state index is 14.7. The third-order valence-electron chi connectivity index (χ3n) is 6.96.